The second kappa shape index (κ2) is 8.11. The molecule has 19 heavy (non-hydrogen) atoms. The number of hydrogen-bond acceptors (Lipinski definition) is 2. The quantitative estimate of drug-likeness (QED) is 0.520. The van der Waals surface area contributed by atoms with Gasteiger partial charge in [0.2, 0.25) is 0 Å². The predicted molar refractivity (Wildman–Crippen MR) is 86.4 cm³/mol. The third-order valence-corrected chi connectivity index (χ3v) is 3.63. The monoisotopic (exact) mass is 274 g/mol. The highest BCUT2D eigenvalue weighted by Gasteiger charge is 2.00. The van der Waals surface area contributed by atoms with Crippen LogP contribution >= 0.6 is 12.6 Å². The number of unbranched alkanes of at least 4 members (excludes halogenated alkanes) is 4. The first kappa shape index (κ1) is 14.3. The Hall–Kier alpha value is -1.15. The van der Waals surface area contributed by atoms with Crippen LogP contribution in [0.2, 0.25) is 0 Å². The van der Waals surface area contributed by atoms with Gasteiger partial charge in [-0.1, -0.05) is 55.7 Å². The summed E-state index contributed by atoms with van der Waals surface area (Å²) in [4.78, 5) is 0. The Kier molecular flexibility index (Phi) is 6.09. The summed E-state index contributed by atoms with van der Waals surface area (Å²) in [5.74, 6) is 2.01. The van der Waals surface area contributed by atoms with Gasteiger partial charge in [0.15, 0.2) is 0 Å². The molecule has 102 valence electrons. The van der Waals surface area contributed by atoms with E-state index in [0.29, 0.717) is 0 Å². The second-order valence-electron chi connectivity index (χ2n) is 4.82. The molecule has 0 heterocycles. The Morgan fingerprint density at radius 1 is 0.789 bits per heavy atom. The van der Waals surface area contributed by atoms with Crippen molar-refractivity contribution in [2.45, 2.75) is 32.1 Å². The van der Waals surface area contributed by atoms with Gasteiger partial charge in [-0.25, -0.2) is 0 Å². The molecule has 0 saturated heterocycles. The molecular weight excluding hydrogens is 252 g/mol. The largest absolute Gasteiger partial charge is 0.493 e. The lowest BCUT2D eigenvalue weighted by molar-refractivity contribution is 0.308. The number of fused-ring (bicyclic) bond motifs is 1. The van der Waals surface area contributed by atoms with Crippen LogP contribution in [0.1, 0.15) is 32.1 Å². The van der Waals surface area contributed by atoms with E-state index in [1.807, 2.05) is 0 Å². The molecule has 0 bridgehead atoms. The van der Waals surface area contributed by atoms with E-state index in [0.717, 1.165) is 24.5 Å². The van der Waals surface area contributed by atoms with Crippen LogP contribution in [0.25, 0.3) is 10.8 Å². The number of rotatable bonds is 8. The maximum absolute atomic E-state index is 5.91. The van der Waals surface area contributed by atoms with Crippen LogP contribution in [0, 0.1) is 0 Å². The molecule has 2 rings (SSSR count). The first-order valence-electron chi connectivity index (χ1n) is 7.13. The fourth-order valence-electron chi connectivity index (χ4n) is 2.25. The van der Waals surface area contributed by atoms with Crippen LogP contribution in [0.5, 0.6) is 5.75 Å². The summed E-state index contributed by atoms with van der Waals surface area (Å²) < 4.78 is 5.91. The minimum Gasteiger partial charge on any atom is -0.493 e. The Balaban J connectivity index is 1.78. The molecule has 0 saturated carbocycles. The molecule has 2 heteroatoms. The molecular formula is C17H22OS. The number of benzene rings is 2. The molecule has 0 radical (unpaired) electrons. The molecule has 0 fully saturated rings. The van der Waals surface area contributed by atoms with Crippen LogP contribution in [-0.2, 0) is 0 Å². The summed E-state index contributed by atoms with van der Waals surface area (Å²) in [6, 6.07) is 14.6. The first-order valence-corrected chi connectivity index (χ1v) is 7.76. The van der Waals surface area contributed by atoms with Crippen LogP contribution in [0.4, 0.5) is 0 Å². The maximum Gasteiger partial charge on any atom is 0.127 e. The summed E-state index contributed by atoms with van der Waals surface area (Å²) in [6.45, 7) is 0.814. The second-order valence-corrected chi connectivity index (χ2v) is 5.26. The van der Waals surface area contributed by atoms with Gasteiger partial charge < -0.3 is 4.74 Å². The predicted octanol–water partition coefficient (Wildman–Crippen LogP) is 5.10. The molecule has 0 aliphatic heterocycles. The van der Waals surface area contributed by atoms with E-state index in [1.165, 1.54) is 36.5 Å². The fraction of sp³-hybridized carbons (Fsp3) is 0.412. The normalized spacial score (nSPS) is 10.8. The lowest BCUT2D eigenvalue weighted by atomic mass is 10.1. The van der Waals surface area contributed by atoms with E-state index in [-0.39, 0.29) is 0 Å². The average molecular weight is 274 g/mol. The van der Waals surface area contributed by atoms with E-state index in [4.69, 9.17) is 4.74 Å². The molecule has 0 atom stereocenters. The van der Waals surface area contributed by atoms with Gasteiger partial charge in [0.05, 0.1) is 6.61 Å². The van der Waals surface area contributed by atoms with Crippen LogP contribution in [0.15, 0.2) is 42.5 Å². The van der Waals surface area contributed by atoms with Crippen molar-refractivity contribution in [3.63, 3.8) is 0 Å². The average Bonchev–Trinajstić information content (AvgIpc) is 2.46. The molecule has 2 aromatic rings. The molecule has 0 N–H and O–H groups in total. The molecule has 0 amide bonds. The zero-order valence-corrected chi connectivity index (χ0v) is 12.2. The Labute approximate surface area is 121 Å². The highest BCUT2D eigenvalue weighted by Crippen LogP contribution is 2.25. The number of thiol groups is 1. The minimum atomic E-state index is 0.814. The molecule has 0 aliphatic rings. The lowest BCUT2D eigenvalue weighted by Gasteiger charge is -2.09. The van der Waals surface area contributed by atoms with E-state index < -0.39 is 0 Å². The van der Waals surface area contributed by atoms with Gasteiger partial charge in [-0.05, 0) is 30.0 Å². The summed E-state index contributed by atoms with van der Waals surface area (Å²) in [5, 5.41) is 2.45. The Bertz CT molecular complexity index is 490. The lowest BCUT2D eigenvalue weighted by Crippen LogP contribution is -1.97. The Morgan fingerprint density at radius 2 is 1.53 bits per heavy atom. The highest BCUT2D eigenvalue weighted by molar-refractivity contribution is 7.80. The number of ether oxygens (including phenoxy) is 1. The summed E-state index contributed by atoms with van der Waals surface area (Å²) >= 11 is 4.22. The van der Waals surface area contributed by atoms with Gasteiger partial charge in [-0.3, -0.25) is 0 Å². The van der Waals surface area contributed by atoms with Crippen LogP contribution in [-0.4, -0.2) is 12.4 Å². The standard InChI is InChI=1S/C17H22OS/c19-14-7-3-1-2-6-13-18-17-12-8-10-15-9-4-5-11-16(15)17/h4-5,8-12,19H,1-3,6-7,13-14H2. The Morgan fingerprint density at radius 3 is 2.42 bits per heavy atom. The van der Waals surface area contributed by atoms with Crippen molar-refractivity contribution in [1.29, 1.82) is 0 Å². The van der Waals surface area contributed by atoms with Crippen molar-refractivity contribution in [3.05, 3.63) is 42.5 Å². The van der Waals surface area contributed by atoms with Gasteiger partial charge in [0.25, 0.3) is 0 Å². The van der Waals surface area contributed by atoms with E-state index in [2.05, 4.69) is 55.1 Å². The van der Waals surface area contributed by atoms with E-state index in [1.54, 1.807) is 0 Å². The van der Waals surface area contributed by atoms with Crippen molar-refractivity contribution in [2.24, 2.45) is 0 Å². The summed E-state index contributed by atoms with van der Waals surface area (Å²) in [5.41, 5.74) is 0. The molecule has 2 aromatic carbocycles. The molecule has 0 spiro atoms. The zero-order chi connectivity index (χ0) is 13.3. The maximum atomic E-state index is 5.91. The van der Waals surface area contributed by atoms with Crippen molar-refractivity contribution in [1.82, 2.24) is 0 Å². The molecule has 0 unspecified atom stereocenters. The SMILES string of the molecule is SCCCCCCCOc1cccc2ccccc12. The van der Waals surface area contributed by atoms with Gasteiger partial charge in [-0.15, -0.1) is 0 Å². The third-order valence-electron chi connectivity index (χ3n) is 3.31. The van der Waals surface area contributed by atoms with Gasteiger partial charge in [0, 0.05) is 5.39 Å². The topological polar surface area (TPSA) is 9.23 Å². The molecule has 1 nitrogen and oxygen atoms in total. The highest BCUT2D eigenvalue weighted by atomic mass is 32.1. The van der Waals surface area contributed by atoms with Crippen molar-refractivity contribution in [2.75, 3.05) is 12.4 Å². The number of hydrogen-bond donors (Lipinski definition) is 1. The van der Waals surface area contributed by atoms with Crippen molar-refractivity contribution < 1.29 is 4.74 Å². The third kappa shape index (κ3) is 4.46. The fourth-order valence-corrected chi connectivity index (χ4v) is 2.47. The van der Waals surface area contributed by atoms with Crippen LogP contribution < -0.4 is 4.74 Å². The minimum absolute atomic E-state index is 0.814. The van der Waals surface area contributed by atoms with Crippen molar-refractivity contribution in [3.8, 4) is 5.75 Å². The van der Waals surface area contributed by atoms with Gasteiger partial charge >= 0.3 is 0 Å². The van der Waals surface area contributed by atoms with Crippen molar-refractivity contribution >= 4 is 23.4 Å². The van der Waals surface area contributed by atoms with Crippen LogP contribution in [0.3, 0.4) is 0 Å². The van der Waals surface area contributed by atoms with Gasteiger partial charge in [0.1, 0.15) is 5.75 Å². The molecule has 0 aliphatic carbocycles. The van der Waals surface area contributed by atoms with E-state index in [9.17, 15) is 0 Å². The summed E-state index contributed by atoms with van der Waals surface area (Å²) in [7, 11) is 0. The molecule has 0 aromatic heterocycles. The first-order chi connectivity index (χ1) is 9.42. The summed E-state index contributed by atoms with van der Waals surface area (Å²) in [6.07, 6.45) is 6.19. The zero-order valence-electron chi connectivity index (χ0n) is 11.3. The van der Waals surface area contributed by atoms with E-state index >= 15 is 0 Å². The smallest absolute Gasteiger partial charge is 0.127 e. The van der Waals surface area contributed by atoms with Gasteiger partial charge in [-0.2, -0.15) is 12.6 Å².